The van der Waals surface area contributed by atoms with Gasteiger partial charge in [-0.15, -0.1) is 0 Å². The van der Waals surface area contributed by atoms with Gasteiger partial charge in [0.05, 0.1) is 30.1 Å². The summed E-state index contributed by atoms with van der Waals surface area (Å²) in [4.78, 5) is 47.2. The third-order valence-electron chi connectivity index (χ3n) is 8.29. The van der Waals surface area contributed by atoms with Crippen LogP contribution in [0.5, 0.6) is 0 Å². The molecule has 2 saturated heterocycles. The fourth-order valence-electron chi connectivity index (χ4n) is 6.63. The molecule has 8 nitrogen and oxygen atoms in total. The number of hydrogen-bond donors (Lipinski definition) is 1. The van der Waals surface area contributed by atoms with Crippen molar-refractivity contribution >= 4 is 17.7 Å². The number of nitrogens with zero attached hydrogens (tertiary/aromatic N) is 3. The summed E-state index contributed by atoms with van der Waals surface area (Å²) < 4.78 is 6.91. The Bertz CT molecular complexity index is 916. The molecular weight excluding hydrogens is 446 g/mol. The van der Waals surface area contributed by atoms with E-state index in [1.807, 2.05) is 45.1 Å². The highest BCUT2D eigenvalue weighted by Crippen LogP contribution is 2.59. The van der Waals surface area contributed by atoms with E-state index in [2.05, 4.69) is 6.92 Å². The van der Waals surface area contributed by atoms with Crippen LogP contribution in [0.15, 0.2) is 24.3 Å². The number of amides is 3. The quantitative estimate of drug-likeness (QED) is 0.529. The van der Waals surface area contributed by atoms with Gasteiger partial charge in [-0.05, 0) is 25.2 Å². The van der Waals surface area contributed by atoms with Crippen molar-refractivity contribution in [2.45, 2.75) is 76.7 Å². The second kappa shape index (κ2) is 9.69. The monoisotopic (exact) mass is 487 g/mol. The smallest absolute Gasteiger partial charge is 0.249 e. The van der Waals surface area contributed by atoms with E-state index in [-0.39, 0.29) is 30.2 Å². The van der Waals surface area contributed by atoms with Gasteiger partial charge in [-0.1, -0.05) is 58.4 Å². The van der Waals surface area contributed by atoms with Crippen molar-refractivity contribution in [2.24, 2.45) is 17.8 Å². The number of aliphatic hydroxyl groups is 1. The molecule has 0 radical (unpaired) electrons. The lowest BCUT2D eigenvalue weighted by Gasteiger charge is -2.41. The number of aliphatic hydroxyl groups excluding tert-OH is 1. The predicted octanol–water partition coefficient (Wildman–Crippen LogP) is 1.98. The molecule has 8 heteroatoms. The number of hydrogen-bond acceptors (Lipinski definition) is 5. The normalized spacial score (nSPS) is 35.3. The molecule has 0 aliphatic carbocycles. The number of likely N-dealkylation sites (tertiary alicyclic amines) is 1. The second-order valence-electron chi connectivity index (χ2n) is 11.0. The van der Waals surface area contributed by atoms with Crippen LogP contribution in [0.4, 0.5) is 0 Å². The van der Waals surface area contributed by atoms with Gasteiger partial charge in [0.25, 0.3) is 0 Å². The lowest BCUT2D eigenvalue weighted by Crippen LogP contribution is -2.59. The Morgan fingerprint density at radius 1 is 1.06 bits per heavy atom. The predicted molar refractivity (Wildman–Crippen MR) is 132 cm³/mol. The molecule has 194 valence electrons. The van der Waals surface area contributed by atoms with Crippen LogP contribution in [0.3, 0.4) is 0 Å². The topological polar surface area (TPSA) is 90.4 Å². The summed E-state index contributed by atoms with van der Waals surface area (Å²) in [6.45, 7) is 9.37. The highest BCUT2D eigenvalue weighted by atomic mass is 16.5. The van der Waals surface area contributed by atoms with Gasteiger partial charge in [0, 0.05) is 26.7 Å². The lowest BCUT2D eigenvalue weighted by molar-refractivity contribution is -0.157. The lowest BCUT2D eigenvalue weighted by atomic mass is 9.73. The number of ether oxygens (including phenoxy) is 1. The summed E-state index contributed by atoms with van der Waals surface area (Å²) in [5, 5.41) is 10.4. The minimum Gasteiger partial charge on any atom is -0.394 e. The average molecular weight is 488 g/mol. The molecule has 1 spiro atoms. The number of fused-ring (bicyclic) bond motifs is 2. The van der Waals surface area contributed by atoms with E-state index in [1.54, 1.807) is 21.7 Å². The average Bonchev–Trinajstić information content (AvgIpc) is 3.13. The zero-order valence-electron chi connectivity index (χ0n) is 21.8. The maximum atomic E-state index is 14.3. The molecule has 0 bridgehead atoms. The van der Waals surface area contributed by atoms with Gasteiger partial charge in [-0.2, -0.15) is 0 Å². The van der Waals surface area contributed by atoms with E-state index < -0.39 is 35.1 Å². The maximum absolute atomic E-state index is 14.3. The van der Waals surface area contributed by atoms with Crippen molar-refractivity contribution in [1.29, 1.82) is 0 Å². The first-order valence-corrected chi connectivity index (χ1v) is 13.2. The molecule has 0 aromatic heterocycles. The van der Waals surface area contributed by atoms with Gasteiger partial charge < -0.3 is 24.5 Å². The highest BCUT2D eigenvalue weighted by Gasteiger charge is 2.75. The number of likely N-dealkylation sites (N-methyl/N-ethyl adjacent to an activating group) is 1. The Morgan fingerprint density at radius 3 is 2.40 bits per heavy atom. The van der Waals surface area contributed by atoms with Gasteiger partial charge >= 0.3 is 0 Å². The van der Waals surface area contributed by atoms with Gasteiger partial charge in [-0.25, -0.2) is 0 Å². The van der Waals surface area contributed by atoms with Gasteiger partial charge in [0.1, 0.15) is 11.6 Å². The molecule has 0 aromatic carbocycles. The summed E-state index contributed by atoms with van der Waals surface area (Å²) in [5.74, 6) is -1.89. The molecule has 4 rings (SSSR count). The van der Waals surface area contributed by atoms with E-state index in [0.717, 1.165) is 12.8 Å². The molecular formula is C27H41N3O5. The molecule has 3 amide bonds. The third kappa shape index (κ3) is 3.93. The zero-order valence-corrected chi connectivity index (χ0v) is 21.8. The van der Waals surface area contributed by atoms with Crippen LogP contribution < -0.4 is 0 Å². The molecule has 1 unspecified atom stereocenters. The molecule has 4 aliphatic rings. The Balaban J connectivity index is 1.89. The number of unbranched alkanes of at least 4 members (excludes halogenated alkanes) is 1. The molecule has 6 atom stereocenters. The van der Waals surface area contributed by atoms with E-state index >= 15 is 0 Å². The van der Waals surface area contributed by atoms with Crippen molar-refractivity contribution in [2.75, 3.05) is 33.3 Å². The SMILES string of the molecule is CCCCN1CC=C[C@]23O[C@@]4(CC)C=CCN(C)C(=O)[C@H]4[C@H]2C(=O)N([C@@H](CO)CC(C)C)C3C1=O. The number of rotatable bonds is 8. The minimum absolute atomic E-state index is 0.134. The molecule has 35 heavy (non-hydrogen) atoms. The molecule has 0 saturated carbocycles. The Hall–Kier alpha value is -2.19. The fraction of sp³-hybridized carbons (Fsp3) is 0.741. The minimum atomic E-state index is -1.25. The van der Waals surface area contributed by atoms with Crippen molar-refractivity contribution in [3.05, 3.63) is 24.3 Å². The molecule has 4 heterocycles. The summed E-state index contributed by atoms with van der Waals surface area (Å²) >= 11 is 0. The zero-order chi connectivity index (χ0) is 25.5. The van der Waals surface area contributed by atoms with E-state index in [9.17, 15) is 19.5 Å². The molecule has 0 aromatic rings. The van der Waals surface area contributed by atoms with Crippen LogP contribution in [0.25, 0.3) is 0 Å². The highest BCUT2D eigenvalue weighted by molar-refractivity contribution is 6.00. The third-order valence-corrected chi connectivity index (χ3v) is 8.29. The first-order valence-electron chi connectivity index (χ1n) is 13.2. The van der Waals surface area contributed by atoms with Crippen LogP contribution in [-0.2, 0) is 19.1 Å². The second-order valence-corrected chi connectivity index (χ2v) is 11.0. The first kappa shape index (κ1) is 25.9. The van der Waals surface area contributed by atoms with Crippen molar-refractivity contribution in [3.63, 3.8) is 0 Å². The maximum Gasteiger partial charge on any atom is 0.249 e. The summed E-state index contributed by atoms with van der Waals surface area (Å²) in [6, 6.07) is -1.43. The van der Waals surface area contributed by atoms with Crippen LogP contribution in [0.2, 0.25) is 0 Å². The van der Waals surface area contributed by atoms with Crippen LogP contribution in [0.1, 0.15) is 53.4 Å². The Kier molecular flexibility index (Phi) is 7.17. The molecule has 4 aliphatic heterocycles. The van der Waals surface area contributed by atoms with E-state index in [0.29, 0.717) is 32.5 Å². The van der Waals surface area contributed by atoms with E-state index in [1.165, 1.54) is 0 Å². The summed E-state index contributed by atoms with van der Waals surface area (Å²) in [5.41, 5.74) is -2.21. The standard InChI is InChI=1S/C27H41N3O5/c1-6-8-14-29-15-10-12-27-21(20-23(32)28(5)13-9-11-26(20,7-2)35-27)24(33)30(22(27)25(29)34)19(17-31)16-18(3)4/h9-12,18-22,31H,6-8,13-17H2,1-5H3/t19-,20-,21+,22?,26+,27+/m1/s1. The van der Waals surface area contributed by atoms with Crippen LogP contribution in [-0.4, -0.2) is 94.1 Å². The van der Waals surface area contributed by atoms with Crippen LogP contribution in [0, 0.1) is 17.8 Å². The number of carbonyl (C=O) groups excluding carboxylic acids is 3. The fourth-order valence-corrected chi connectivity index (χ4v) is 6.63. The largest absolute Gasteiger partial charge is 0.394 e. The van der Waals surface area contributed by atoms with Crippen molar-refractivity contribution in [3.8, 4) is 0 Å². The van der Waals surface area contributed by atoms with Crippen molar-refractivity contribution in [1.82, 2.24) is 14.7 Å². The Labute approximate surface area is 208 Å². The van der Waals surface area contributed by atoms with Gasteiger partial charge in [0.2, 0.25) is 17.7 Å². The first-order chi connectivity index (χ1) is 16.7. The van der Waals surface area contributed by atoms with E-state index in [4.69, 9.17) is 4.74 Å². The van der Waals surface area contributed by atoms with Crippen molar-refractivity contribution < 1.29 is 24.2 Å². The molecule has 1 N–H and O–H groups in total. The molecule has 2 fully saturated rings. The Morgan fingerprint density at radius 2 is 1.77 bits per heavy atom. The van der Waals surface area contributed by atoms with Crippen LogP contribution >= 0.6 is 0 Å². The number of carbonyl (C=O) groups is 3. The van der Waals surface area contributed by atoms with Gasteiger partial charge in [-0.3, -0.25) is 14.4 Å². The van der Waals surface area contributed by atoms with Gasteiger partial charge in [0.15, 0.2) is 0 Å². The summed E-state index contributed by atoms with van der Waals surface area (Å²) in [7, 11) is 1.74. The summed E-state index contributed by atoms with van der Waals surface area (Å²) in [6.07, 6.45) is 10.6.